The van der Waals surface area contributed by atoms with Crippen LogP contribution >= 0.6 is 0 Å². The van der Waals surface area contributed by atoms with Crippen LogP contribution in [0.25, 0.3) is 0 Å². The van der Waals surface area contributed by atoms with E-state index in [0.29, 0.717) is 17.9 Å². The molecule has 1 heterocycles. The summed E-state index contributed by atoms with van der Waals surface area (Å²) in [7, 11) is -2.13. The van der Waals surface area contributed by atoms with E-state index in [2.05, 4.69) is 15.2 Å². The highest BCUT2D eigenvalue weighted by Crippen LogP contribution is 2.13. The monoisotopic (exact) mass is 367 g/mol. The molecule has 2 aromatic rings. The van der Waals surface area contributed by atoms with E-state index in [9.17, 15) is 13.2 Å². The third-order valence-electron chi connectivity index (χ3n) is 3.63. The fourth-order valence-corrected chi connectivity index (χ4v) is 3.19. The Hall–Kier alpha value is -2.23. The van der Waals surface area contributed by atoms with Gasteiger partial charge in [-0.05, 0) is 38.1 Å². The largest absolute Gasteiger partial charge is 0.383 e. The maximum atomic E-state index is 12.2. The minimum Gasteiger partial charge on any atom is -0.383 e. The molecule has 1 aromatic carbocycles. The maximum absolute atomic E-state index is 12.2. The molecule has 0 saturated carbocycles. The predicted molar refractivity (Wildman–Crippen MR) is 90.7 cm³/mol. The van der Waals surface area contributed by atoms with E-state index in [1.165, 1.54) is 31.4 Å². The molecular weight excluding hydrogens is 346 g/mol. The van der Waals surface area contributed by atoms with Crippen molar-refractivity contribution in [2.45, 2.75) is 25.3 Å². The van der Waals surface area contributed by atoms with Crippen molar-refractivity contribution in [3.05, 3.63) is 46.8 Å². The zero-order valence-electron chi connectivity index (χ0n) is 14.3. The van der Waals surface area contributed by atoms with Crippen molar-refractivity contribution in [1.82, 2.24) is 15.2 Å². The molecule has 0 fully saturated rings. The standard InChI is InChI=1S/C16H21N3O5S/c1-11-15(12(2)24-19-11)10-17-16(20)13-4-6-14(7-5-13)25(21,22)18-8-9-23-3/h4-7,18H,8-10H2,1-3H3,(H,17,20). The fourth-order valence-electron chi connectivity index (χ4n) is 2.17. The van der Waals surface area contributed by atoms with Gasteiger partial charge in [-0.2, -0.15) is 0 Å². The Labute approximate surface area is 146 Å². The molecule has 0 bridgehead atoms. The van der Waals surface area contributed by atoms with Crippen LogP contribution in [-0.2, 0) is 21.3 Å². The van der Waals surface area contributed by atoms with E-state index in [1.807, 2.05) is 0 Å². The van der Waals surface area contributed by atoms with Gasteiger partial charge in [0.1, 0.15) is 5.76 Å². The third-order valence-corrected chi connectivity index (χ3v) is 5.11. The SMILES string of the molecule is COCCNS(=O)(=O)c1ccc(C(=O)NCc2c(C)noc2C)cc1. The molecule has 0 radical (unpaired) electrons. The lowest BCUT2D eigenvalue weighted by Crippen LogP contribution is -2.27. The van der Waals surface area contributed by atoms with Gasteiger partial charge in [0.05, 0.1) is 17.2 Å². The number of sulfonamides is 1. The Kier molecular flexibility index (Phi) is 6.29. The molecule has 8 nitrogen and oxygen atoms in total. The number of nitrogens with zero attached hydrogens (tertiary/aromatic N) is 1. The topological polar surface area (TPSA) is 111 Å². The molecule has 0 atom stereocenters. The van der Waals surface area contributed by atoms with Crippen LogP contribution in [0.15, 0.2) is 33.7 Å². The molecule has 0 aliphatic heterocycles. The van der Waals surface area contributed by atoms with Gasteiger partial charge in [0, 0.05) is 31.3 Å². The number of benzene rings is 1. The van der Waals surface area contributed by atoms with Gasteiger partial charge >= 0.3 is 0 Å². The molecule has 2 N–H and O–H groups in total. The minimum absolute atomic E-state index is 0.0888. The van der Waals surface area contributed by atoms with Crippen LogP contribution in [0.4, 0.5) is 0 Å². The van der Waals surface area contributed by atoms with Gasteiger partial charge in [-0.15, -0.1) is 0 Å². The number of nitrogens with one attached hydrogen (secondary N) is 2. The first-order valence-electron chi connectivity index (χ1n) is 7.63. The lowest BCUT2D eigenvalue weighted by Gasteiger charge is -2.08. The summed E-state index contributed by atoms with van der Waals surface area (Å²) in [5.74, 6) is 0.345. The van der Waals surface area contributed by atoms with E-state index in [-0.39, 0.29) is 24.0 Å². The second kappa shape index (κ2) is 8.24. The van der Waals surface area contributed by atoms with Crippen LogP contribution in [0.3, 0.4) is 0 Å². The first-order chi connectivity index (χ1) is 11.8. The summed E-state index contributed by atoms with van der Waals surface area (Å²) in [6.07, 6.45) is 0. The Morgan fingerprint density at radius 2 is 1.92 bits per heavy atom. The Balaban J connectivity index is 2.00. The normalized spacial score (nSPS) is 11.5. The van der Waals surface area contributed by atoms with Crippen molar-refractivity contribution in [3.8, 4) is 0 Å². The van der Waals surface area contributed by atoms with E-state index < -0.39 is 10.0 Å². The highest BCUT2D eigenvalue weighted by molar-refractivity contribution is 7.89. The number of methoxy groups -OCH3 is 1. The second-order valence-corrected chi connectivity index (χ2v) is 7.17. The van der Waals surface area contributed by atoms with Crippen molar-refractivity contribution >= 4 is 15.9 Å². The zero-order valence-corrected chi connectivity index (χ0v) is 15.1. The molecular formula is C16H21N3O5S. The lowest BCUT2D eigenvalue weighted by molar-refractivity contribution is 0.0950. The number of aryl methyl sites for hydroxylation is 2. The van der Waals surface area contributed by atoms with E-state index in [1.54, 1.807) is 13.8 Å². The van der Waals surface area contributed by atoms with Crippen LogP contribution in [0.5, 0.6) is 0 Å². The van der Waals surface area contributed by atoms with E-state index >= 15 is 0 Å². The van der Waals surface area contributed by atoms with Gasteiger partial charge in [-0.3, -0.25) is 4.79 Å². The van der Waals surface area contributed by atoms with Crippen LogP contribution in [-0.4, -0.2) is 39.7 Å². The summed E-state index contributed by atoms with van der Waals surface area (Å²) < 4.78 is 36.4. The molecule has 1 amide bonds. The first-order valence-corrected chi connectivity index (χ1v) is 9.12. The van der Waals surface area contributed by atoms with Gasteiger partial charge in [0.2, 0.25) is 10.0 Å². The number of carbonyl (C=O) groups excluding carboxylic acids is 1. The summed E-state index contributed by atoms with van der Waals surface area (Å²) >= 11 is 0. The number of amides is 1. The van der Waals surface area contributed by atoms with E-state index in [4.69, 9.17) is 9.26 Å². The summed E-state index contributed by atoms with van der Waals surface area (Å²) in [5.41, 5.74) is 1.92. The number of hydrogen-bond acceptors (Lipinski definition) is 6. The number of hydrogen-bond donors (Lipinski definition) is 2. The molecule has 1 aromatic heterocycles. The summed E-state index contributed by atoms with van der Waals surface area (Å²) in [6.45, 7) is 4.32. The van der Waals surface area contributed by atoms with Gasteiger partial charge < -0.3 is 14.6 Å². The Morgan fingerprint density at radius 1 is 1.24 bits per heavy atom. The molecule has 0 saturated heterocycles. The van der Waals surface area contributed by atoms with Crippen LogP contribution in [0, 0.1) is 13.8 Å². The summed E-state index contributed by atoms with van der Waals surface area (Å²) in [4.78, 5) is 12.3. The summed E-state index contributed by atoms with van der Waals surface area (Å²) in [5, 5.41) is 6.59. The number of rotatable bonds is 8. The van der Waals surface area contributed by atoms with Crippen molar-refractivity contribution in [3.63, 3.8) is 0 Å². The Morgan fingerprint density at radius 3 is 2.48 bits per heavy atom. The number of aromatic nitrogens is 1. The van der Waals surface area contributed by atoms with Gasteiger partial charge in [0.15, 0.2) is 0 Å². The average molecular weight is 367 g/mol. The summed E-state index contributed by atoms with van der Waals surface area (Å²) in [6, 6.07) is 5.71. The van der Waals surface area contributed by atoms with Gasteiger partial charge in [-0.1, -0.05) is 5.16 Å². The number of carbonyl (C=O) groups is 1. The fraction of sp³-hybridized carbons (Fsp3) is 0.375. The maximum Gasteiger partial charge on any atom is 0.251 e. The molecule has 25 heavy (non-hydrogen) atoms. The van der Waals surface area contributed by atoms with Crippen molar-refractivity contribution in [1.29, 1.82) is 0 Å². The lowest BCUT2D eigenvalue weighted by atomic mass is 10.2. The molecule has 2 rings (SSSR count). The van der Waals surface area contributed by atoms with Crippen LogP contribution in [0.2, 0.25) is 0 Å². The molecule has 0 unspecified atom stereocenters. The molecule has 0 aliphatic carbocycles. The van der Waals surface area contributed by atoms with Crippen molar-refractivity contribution < 1.29 is 22.5 Å². The Bertz CT molecular complexity index is 808. The third kappa shape index (κ3) is 4.88. The van der Waals surface area contributed by atoms with Gasteiger partial charge in [-0.25, -0.2) is 13.1 Å². The zero-order chi connectivity index (χ0) is 18.4. The van der Waals surface area contributed by atoms with Crippen molar-refractivity contribution in [2.24, 2.45) is 0 Å². The van der Waals surface area contributed by atoms with E-state index in [0.717, 1.165) is 11.3 Å². The van der Waals surface area contributed by atoms with Gasteiger partial charge in [0.25, 0.3) is 5.91 Å². The quantitative estimate of drug-likeness (QED) is 0.677. The van der Waals surface area contributed by atoms with Crippen molar-refractivity contribution in [2.75, 3.05) is 20.3 Å². The minimum atomic E-state index is -3.62. The second-order valence-electron chi connectivity index (χ2n) is 5.40. The van der Waals surface area contributed by atoms with Crippen LogP contribution in [0.1, 0.15) is 27.4 Å². The average Bonchev–Trinajstić information content (AvgIpc) is 2.91. The molecule has 0 aliphatic rings. The molecule has 136 valence electrons. The highest BCUT2D eigenvalue weighted by Gasteiger charge is 2.15. The molecule has 9 heteroatoms. The number of ether oxygens (including phenoxy) is 1. The smallest absolute Gasteiger partial charge is 0.251 e. The predicted octanol–water partition coefficient (Wildman–Crippen LogP) is 1.15. The molecule has 0 spiro atoms. The van der Waals surface area contributed by atoms with Crippen LogP contribution < -0.4 is 10.0 Å². The highest BCUT2D eigenvalue weighted by atomic mass is 32.2. The first kappa shape index (κ1) is 19.1.